The molecule has 5 nitrogen and oxygen atoms in total. The molecule has 0 aliphatic rings. The van der Waals surface area contributed by atoms with E-state index in [0.29, 0.717) is 27.8 Å². The van der Waals surface area contributed by atoms with Crippen LogP contribution in [-0.4, -0.2) is 25.1 Å². The molecule has 0 atom stereocenters. The normalized spacial score (nSPS) is 10.6. The molecule has 0 saturated heterocycles. The van der Waals surface area contributed by atoms with Crippen molar-refractivity contribution in [3.05, 3.63) is 59.3 Å². The highest BCUT2D eigenvalue weighted by Gasteiger charge is 2.10. The molecule has 0 spiro atoms. The van der Waals surface area contributed by atoms with Gasteiger partial charge in [-0.05, 0) is 30.3 Å². The van der Waals surface area contributed by atoms with Crippen LogP contribution in [-0.2, 0) is 0 Å². The topological polar surface area (TPSA) is 67.8 Å². The van der Waals surface area contributed by atoms with Crippen molar-refractivity contribution in [2.75, 3.05) is 19.5 Å². The van der Waals surface area contributed by atoms with Crippen LogP contribution in [0.3, 0.4) is 0 Å². The van der Waals surface area contributed by atoms with Gasteiger partial charge in [-0.2, -0.15) is 0 Å². The van der Waals surface area contributed by atoms with Gasteiger partial charge in [-0.15, -0.1) is 0 Å². The molecule has 0 aromatic heterocycles. The zero-order valence-electron chi connectivity index (χ0n) is 12.7. The number of hydrogen-bond donors (Lipinski definition) is 2. The summed E-state index contributed by atoms with van der Waals surface area (Å²) in [6.07, 6.45) is 2.77. The first-order chi connectivity index (χ1) is 11.0. The van der Waals surface area contributed by atoms with E-state index in [-0.39, 0.29) is 11.5 Å². The molecule has 6 heteroatoms. The fraction of sp³-hybridized carbons (Fsp3) is 0.118. The Labute approximate surface area is 139 Å². The Hall–Kier alpha value is -2.66. The Morgan fingerprint density at radius 1 is 1.17 bits per heavy atom. The van der Waals surface area contributed by atoms with Gasteiger partial charge in [0, 0.05) is 23.4 Å². The van der Waals surface area contributed by atoms with Crippen LogP contribution >= 0.6 is 11.6 Å². The third kappa shape index (κ3) is 4.17. The highest BCUT2D eigenvalue weighted by atomic mass is 35.5. The minimum atomic E-state index is -0.251. The molecule has 0 aliphatic heterocycles. The Morgan fingerprint density at radius 2 is 1.96 bits per heavy atom. The Bertz CT molecular complexity index is 743. The average Bonchev–Trinajstić information content (AvgIpc) is 2.57. The van der Waals surface area contributed by atoms with E-state index in [1.165, 1.54) is 32.6 Å². The predicted molar refractivity (Wildman–Crippen MR) is 89.8 cm³/mol. The van der Waals surface area contributed by atoms with Crippen molar-refractivity contribution in [3.63, 3.8) is 0 Å². The number of carbonyl (C=O) groups excluding carboxylic acids is 1. The van der Waals surface area contributed by atoms with Crippen LogP contribution < -0.4 is 14.8 Å². The highest BCUT2D eigenvalue weighted by molar-refractivity contribution is 6.30. The number of rotatable bonds is 6. The first-order valence-electron chi connectivity index (χ1n) is 6.73. The summed E-state index contributed by atoms with van der Waals surface area (Å²) in [6.45, 7) is 0. The Kier molecular flexibility index (Phi) is 5.49. The van der Waals surface area contributed by atoms with Crippen LogP contribution in [0.4, 0.5) is 5.69 Å². The van der Waals surface area contributed by atoms with Crippen molar-refractivity contribution in [2.24, 2.45) is 0 Å². The van der Waals surface area contributed by atoms with E-state index in [9.17, 15) is 9.90 Å². The summed E-state index contributed by atoms with van der Waals surface area (Å²) in [5, 5.41) is 13.0. The van der Waals surface area contributed by atoms with E-state index in [1.807, 2.05) is 0 Å². The Balaban J connectivity index is 2.14. The summed E-state index contributed by atoms with van der Waals surface area (Å²) >= 11 is 5.85. The van der Waals surface area contributed by atoms with E-state index in [0.717, 1.165) is 0 Å². The smallest absolute Gasteiger partial charge is 0.191 e. The van der Waals surface area contributed by atoms with E-state index in [1.54, 1.807) is 30.3 Å². The van der Waals surface area contributed by atoms with Gasteiger partial charge < -0.3 is 19.9 Å². The van der Waals surface area contributed by atoms with Crippen molar-refractivity contribution in [1.82, 2.24) is 0 Å². The second kappa shape index (κ2) is 7.56. The van der Waals surface area contributed by atoms with Crippen molar-refractivity contribution in [3.8, 4) is 17.2 Å². The summed E-state index contributed by atoms with van der Waals surface area (Å²) < 4.78 is 10.3. The van der Waals surface area contributed by atoms with E-state index < -0.39 is 0 Å². The average molecular weight is 334 g/mol. The van der Waals surface area contributed by atoms with Gasteiger partial charge in [0.15, 0.2) is 5.78 Å². The zero-order valence-corrected chi connectivity index (χ0v) is 13.4. The molecule has 0 radical (unpaired) electrons. The number of benzene rings is 2. The lowest BCUT2D eigenvalue weighted by molar-refractivity contribution is 0.104. The first-order valence-corrected chi connectivity index (χ1v) is 7.11. The Morgan fingerprint density at radius 3 is 2.65 bits per heavy atom. The van der Waals surface area contributed by atoms with E-state index in [2.05, 4.69) is 5.32 Å². The van der Waals surface area contributed by atoms with Gasteiger partial charge in [0.25, 0.3) is 0 Å². The molecule has 0 amide bonds. The molecule has 0 aliphatic carbocycles. The molecule has 120 valence electrons. The lowest BCUT2D eigenvalue weighted by atomic mass is 10.1. The predicted octanol–water partition coefficient (Wildman–Crippen LogP) is 3.87. The van der Waals surface area contributed by atoms with Gasteiger partial charge in [-0.3, -0.25) is 4.79 Å². The number of phenols is 1. The molecule has 2 N–H and O–H groups in total. The number of ether oxygens (including phenoxy) is 2. The minimum absolute atomic E-state index is 0.0357. The molecule has 0 unspecified atom stereocenters. The maximum absolute atomic E-state index is 12.2. The van der Waals surface area contributed by atoms with Crippen LogP contribution in [0.25, 0.3) is 0 Å². The number of aromatic hydroxyl groups is 1. The van der Waals surface area contributed by atoms with Gasteiger partial charge in [0.05, 0.1) is 25.5 Å². The zero-order chi connectivity index (χ0) is 16.8. The second-order valence-corrected chi connectivity index (χ2v) is 5.01. The van der Waals surface area contributed by atoms with Crippen molar-refractivity contribution < 1.29 is 19.4 Å². The number of nitrogens with one attached hydrogen (secondary N) is 1. The molecule has 0 bridgehead atoms. The fourth-order valence-electron chi connectivity index (χ4n) is 1.92. The van der Waals surface area contributed by atoms with Crippen LogP contribution in [0.2, 0.25) is 5.02 Å². The number of carbonyl (C=O) groups is 1. The maximum Gasteiger partial charge on any atom is 0.191 e. The lowest BCUT2D eigenvalue weighted by Gasteiger charge is -2.08. The van der Waals surface area contributed by atoms with Gasteiger partial charge in [0.1, 0.15) is 17.2 Å². The van der Waals surface area contributed by atoms with E-state index >= 15 is 0 Å². The number of methoxy groups -OCH3 is 2. The first kappa shape index (κ1) is 16.7. The number of ketones is 1. The molecule has 2 rings (SSSR count). The molecule has 2 aromatic rings. The quantitative estimate of drug-likeness (QED) is 0.477. The van der Waals surface area contributed by atoms with Gasteiger partial charge >= 0.3 is 0 Å². The molecule has 0 heterocycles. The molecular weight excluding hydrogens is 318 g/mol. The summed E-state index contributed by atoms with van der Waals surface area (Å²) in [5.41, 5.74) is 0.810. The molecule has 0 saturated carbocycles. The maximum atomic E-state index is 12.2. The summed E-state index contributed by atoms with van der Waals surface area (Å²) in [5.74, 6) is 0.806. The summed E-state index contributed by atoms with van der Waals surface area (Å²) in [7, 11) is 3.02. The van der Waals surface area contributed by atoms with Gasteiger partial charge in [-0.1, -0.05) is 11.6 Å². The van der Waals surface area contributed by atoms with E-state index in [4.69, 9.17) is 21.1 Å². The molecular formula is C17H16ClNO4. The lowest BCUT2D eigenvalue weighted by Crippen LogP contribution is -2.00. The number of halogens is 1. The number of phenolic OH excluding ortho intramolecular Hbond substituents is 1. The van der Waals surface area contributed by atoms with Crippen molar-refractivity contribution >= 4 is 23.1 Å². The minimum Gasteiger partial charge on any atom is -0.506 e. The largest absolute Gasteiger partial charge is 0.506 e. The third-order valence-electron chi connectivity index (χ3n) is 3.11. The molecule has 0 fully saturated rings. The number of allylic oxidation sites excluding steroid dienone is 1. The van der Waals surface area contributed by atoms with Crippen LogP contribution in [0.1, 0.15) is 10.4 Å². The highest BCUT2D eigenvalue weighted by Crippen LogP contribution is 2.27. The fourth-order valence-corrected chi connectivity index (χ4v) is 2.09. The van der Waals surface area contributed by atoms with Crippen LogP contribution in [0.5, 0.6) is 17.2 Å². The molecule has 2 aromatic carbocycles. The van der Waals surface area contributed by atoms with Crippen molar-refractivity contribution in [1.29, 1.82) is 0 Å². The van der Waals surface area contributed by atoms with Crippen LogP contribution in [0.15, 0.2) is 48.7 Å². The number of hydrogen-bond acceptors (Lipinski definition) is 5. The standard InChI is InChI=1S/C17H16ClNO4/c1-22-12-4-5-13(17(10-12)23-2)15(20)7-8-19-14-9-11(18)3-6-16(14)21/h3-10,19,21H,1-2H3/b8-7-. The second-order valence-electron chi connectivity index (χ2n) is 4.57. The van der Waals surface area contributed by atoms with Crippen LogP contribution in [0, 0.1) is 0 Å². The van der Waals surface area contributed by atoms with Crippen molar-refractivity contribution in [2.45, 2.75) is 0 Å². The monoisotopic (exact) mass is 333 g/mol. The van der Waals surface area contributed by atoms with Gasteiger partial charge in [0.2, 0.25) is 0 Å². The summed E-state index contributed by atoms with van der Waals surface area (Å²) in [6, 6.07) is 9.53. The SMILES string of the molecule is COc1ccc(C(=O)/C=C\Nc2cc(Cl)ccc2O)c(OC)c1. The number of anilines is 1. The summed E-state index contributed by atoms with van der Waals surface area (Å²) in [4.78, 5) is 12.2. The van der Waals surface area contributed by atoms with Gasteiger partial charge in [-0.25, -0.2) is 0 Å². The molecule has 23 heavy (non-hydrogen) atoms. The third-order valence-corrected chi connectivity index (χ3v) is 3.34.